The van der Waals surface area contributed by atoms with Crippen LogP contribution in [0.1, 0.15) is 16.7 Å². The minimum Gasteiger partial charge on any atom is -0.490 e. The van der Waals surface area contributed by atoms with Gasteiger partial charge < -0.3 is 15.4 Å². The molecule has 7 nitrogen and oxygen atoms in total. The Labute approximate surface area is 146 Å². The summed E-state index contributed by atoms with van der Waals surface area (Å²) in [5, 5.41) is 16.8. The second kappa shape index (κ2) is 7.65. The zero-order valence-electron chi connectivity index (χ0n) is 14.7. The first-order valence-corrected chi connectivity index (χ1v) is 7.76. The second-order valence-electron chi connectivity index (χ2n) is 5.82. The molecule has 0 bridgehead atoms. The zero-order chi connectivity index (χ0) is 18.6. The van der Waals surface area contributed by atoms with Crippen molar-refractivity contribution in [2.75, 3.05) is 24.3 Å². The fourth-order valence-corrected chi connectivity index (χ4v) is 2.50. The molecule has 0 aliphatic carbocycles. The molecule has 0 radical (unpaired) electrons. The number of hydrogen-bond donors (Lipinski definition) is 2. The predicted molar refractivity (Wildman–Crippen MR) is 97.4 cm³/mol. The molecule has 25 heavy (non-hydrogen) atoms. The van der Waals surface area contributed by atoms with E-state index in [-0.39, 0.29) is 23.9 Å². The number of nitro groups is 1. The van der Waals surface area contributed by atoms with Crippen LogP contribution in [-0.4, -0.2) is 24.5 Å². The lowest BCUT2D eigenvalue weighted by Gasteiger charge is -2.13. The Hall–Kier alpha value is -3.09. The fourth-order valence-electron chi connectivity index (χ4n) is 2.50. The quantitative estimate of drug-likeness (QED) is 0.618. The van der Waals surface area contributed by atoms with Crippen molar-refractivity contribution in [1.29, 1.82) is 0 Å². The summed E-state index contributed by atoms with van der Waals surface area (Å²) >= 11 is 0. The van der Waals surface area contributed by atoms with E-state index < -0.39 is 4.92 Å². The summed E-state index contributed by atoms with van der Waals surface area (Å²) in [5.74, 6) is -0.146. The van der Waals surface area contributed by atoms with Crippen molar-refractivity contribution in [1.82, 2.24) is 0 Å². The van der Waals surface area contributed by atoms with Gasteiger partial charge in [-0.15, -0.1) is 0 Å². The van der Waals surface area contributed by atoms with Crippen molar-refractivity contribution >= 4 is 23.0 Å². The van der Waals surface area contributed by atoms with E-state index in [0.717, 1.165) is 16.8 Å². The summed E-state index contributed by atoms with van der Waals surface area (Å²) in [6.45, 7) is 5.76. The van der Waals surface area contributed by atoms with Crippen LogP contribution in [-0.2, 0) is 4.79 Å². The molecule has 132 valence electrons. The van der Waals surface area contributed by atoms with Crippen LogP contribution in [0.25, 0.3) is 0 Å². The van der Waals surface area contributed by atoms with E-state index in [2.05, 4.69) is 10.6 Å². The molecule has 0 aromatic heterocycles. The topological polar surface area (TPSA) is 93.5 Å². The number of ether oxygens (including phenoxy) is 1. The number of anilines is 2. The summed E-state index contributed by atoms with van der Waals surface area (Å²) in [5.41, 5.74) is 4.04. The summed E-state index contributed by atoms with van der Waals surface area (Å²) in [6, 6.07) is 8.77. The highest BCUT2D eigenvalue weighted by atomic mass is 16.6. The first-order chi connectivity index (χ1) is 11.8. The predicted octanol–water partition coefficient (Wildman–Crippen LogP) is 3.58. The molecule has 0 unspecified atom stereocenters. The Bertz CT molecular complexity index is 818. The van der Waals surface area contributed by atoms with Crippen molar-refractivity contribution in [2.45, 2.75) is 20.8 Å². The van der Waals surface area contributed by atoms with Crippen molar-refractivity contribution in [2.24, 2.45) is 0 Å². The number of nitrogens with zero attached hydrogens (tertiary/aromatic N) is 1. The van der Waals surface area contributed by atoms with Gasteiger partial charge in [0.05, 0.1) is 18.6 Å². The number of aryl methyl sites for hydroxylation is 3. The van der Waals surface area contributed by atoms with Crippen LogP contribution in [0.5, 0.6) is 5.75 Å². The number of rotatable bonds is 6. The molecule has 0 fully saturated rings. The number of methoxy groups -OCH3 is 1. The van der Waals surface area contributed by atoms with Crippen LogP contribution in [0.2, 0.25) is 0 Å². The molecule has 2 N–H and O–H groups in total. The van der Waals surface area contributed by atoms with E-state index in [9.17, 15) is 14.9 Å². The number of amides is 1. The van der Waals surface area contributed by atoms with Gasteiger partial charge >= 0.3 is 5.69 Å². The Balaban J connectivity index is 2.08. The molecule has 0 saturated carbocycles. The van der Waals surface area contributed by atoms with Gasteiger partial charge in [0.25, 0.3) is 0 Å². The SMILES string of the molecule is COc1cc(NC(=O)CNc2ccc(C)cc2C)c(C)cc1[N+](=O)[O-]. The summed E-state index contributed by atoms with van der Waals surface area (Å²) in [4.78, 5) is 22.7. The molecule has 2 aromatic carbocycles. The molecular formula is C18H21N3O4. The average Bonchev–Trinajstić information content (AvgIpc) is 2.55. The Morgan fingerprint density at radius 2 is 1.80 bits per heavy atom. The molecule has 0 saturated heterocycles. The molecule has 2 rings (SSSR count). The zero-order valence-corrected chi connectivity index (χ0v) is 14.7. The maximum atomic E-state index is 12.2. The van der Waals surface area contributed by atoms with Crippen molar-refractivity contribution < 1.29 is 14.5 Å². The molecule has 1 amide bonds. The summed E-state index contributed by atoms with van der Waals surface area (Å²) < 4.78 is 5.03. The largest absolute Gasteiger partial charge is 0.490 e. The standard InChI is InChI=1S/C18H21N3O4/c1-11-5-6-14(12(2)7-11)19-10-18(22)20-15-9-17(25-4)16(21(23)24)8-13(15)3/h5-9,19H,10H2,1-4H3,(H,20,22). The highest BCUT2D eigenvalue weighted by Crippen LogP contribution is 2.32. The highest BCUT2D eigenvalue weighted by molar-refractivity contribution is 5.95. The van der Waals surface area contributed by atoms with E-state index in [4.69, 9.17) is 4.74 Å². The maximum Gasteiger partial charge on any atom is 0.311 e. The second-order valence-corrected chi connectivity index (χ2v) is 5.82. The third-order valence-corrected chi connectivity index (χ3v) is 3.82. The lowest BCUT2D eigenvalue weighted by atomic mass is 10.1. The van der Waals surface area contributed by atoms with Gasteiger partial charge in [0, 0.05) is 23.5 Å². The van der Waals surface area contributed by atoms with Gasteiger partial charge in [0.15, 0.2) is 5.75 Å². The normalized spacial score (nSPS) is 10.2. The fraction of sp³-hybridized carbons (Fsp3) is 0.278. The molecule has 2 aromatic rings. The minimum absolute atomic E-state index is 0.0860. The smallest absolute Gasteiger partial charge is 0.311 e. The van der Waals surface area contributed by atoms with E-state index >= 15 is 0 Å². The molecule has 7 heteroatoms. The van der Waals surface area contributed by atoms with Crippen LogP contribution < -0.4 is 15.4 Å². The van der Waals surface area contributed by atoms with Gasteiger partial charge in [-0.3, -0.25) is 14.9 Å². The van der Waals surface area contributed by atoms with Crippen molar-refractivity contribution in [3.8, 4) is 5.75 Å². The van der Waals surface area contributed by atoms with Crippen molar-refractivity contribution in [3.05, 3.63) is 57.1 Å². The van der Waals surface area contributed by atoms with Crippen LogP contribution in [0.4, 0.5) is 17.1 Å². The molecule has 0 aliphatic rings. The number of nitro benzene ring substituents is 1. The van der Waals surface area contributed by atoms with Crippen LogP contribution in [0.15, 0.2) is 30.3 Å². The molecule has 0 aliphatic heterocycles. The van der Waals surface area contributed by atoms with Crippen molar-refractivity contribution in [3.63, 3.8) is 0 Å². The lowest BCUT2D eigenvalue weighted by molar-refractivity contribution is -0.385. The summed E-state index contributed by atoms with van der Waals surface area (Å²) in [7, 11) is 1.35. The molecular weight excluding hydrogens is 322 g/mol. The van der Waals surface area contributed by atoms with Gasteiger partial charge in [-0.25, -0.2) is 0 Å². The average molecular weight is 343 g/mol. The first-order valence-electron chi connectivity index (χ1n) is 7.76. The third-order valence-electron chi connectivity index (χ3n) is 3.82. The molecule has 0 heterocycles. The van der Waals surface area contributed by atoms with E-state index in [1.54, 1.807) is 6.92 Å². The Morgan fingerprint density at radius 3 is 2.40 bits per heavy atom. The minimum atomic E-state index is -0.515. The molecule has 0 spiro atoms. The van der Waals surface area contributed by atoms with Gasteiger partial charge in [0.2, 0.25) is 5.91 Å². The third kappa shape index (κ3) is 4.47. The van der Waals surface area contributed by atoms with E-state index in [1.165, 1.54) is 19.2 Å². The van der Waals surface area contributed by atoms with Crippen LogP contribution in [0.3, 0.4) is 0 Å². The Kier molecular flexibility index (Phi) is 5.59. The number of hydrogen-bond acceptors (Lipinski definition) is 5. The highest BCUT2D eigenvalue weighted by Gasteiger charge is 2.18. The number of benzene rings is 2. The lowest BCUT2D eigenvalue weighted by Crippen LogP contribution is -2.22. The van der Waals surface area contributed by atoms with Gasteiger partial charge in [0.1, 0.15) is 0 Å². The summed E-state index contributed by atoms with van der Waals surface area (Å²) in [6.07, 6.45) is 0. The van der Waals surface area contributed by atoms with Gasteiger partial charge in [-0.1, -0.05) is 17.7 Å². The number of carbonyl (C=O) groups is 1. The maximum absolute atomic E-state index is 12.2. The monoisotopic (exact) mass is 343 g/mol. The Morgan fingerprint density at radius 1 is 1.12 bits per heavy atom. The van der Waals surface area contributed by atoms with E-state index in [0.29, 0.717) is 11.3 Å². The number of carbonyl (C=O) groups excluding carboxylic acids is 1. The first kappa shape index (κ1) is 18.3. The van der Waals surface area contributed by atoms with Crippen LogP contribution >= 0.6 is 0 Å². The van der Waals surface area contributed by atoms with Crippen LogP contribution in [0, 0.1) is 30.9 Å². The molecule has 0 atom stereocenters. The van der Waals surface area contributed by atoms with Gasteiger partial charge in [-0.2, -0.15) is 0 Å². The van der Waals surface area contributed by atoms with E-state index in [1.807, 2.05) is 32.0 Å². The number of nitrogens with one attached hydrogen (secondary N) is 2. The van der Waals surface area contributed by atoms with Gasteiger partial charge in [-0.05, 0) is 38.0 Å².